The van der Waals surface area contributed by atoms with Crippen LogP contribution >= 0.6 is 15.9 Å². The van der Waals surface area contributed by atoms with Gasteiger partial charge in [0.05, 0.1) is 0 Å². The van der Waals surface area contributed by atoms with Crippen molar-refractivity contribution in [3.05, 3.63) is 76.0 Å². The summed E-state index contributed by atoms with van der Waals surface area (Å²) in [4.78, 5) is 0. The predicted molar refractivity (Wildman–Crippen MR) is 87.6 cm³/mol. The molecule has 0 N–H and O–H groups in total. The molecule has 0 radical (unpaired) electrons. The number of allylic oxidation sites excluding steroid dienone is 1. The SMILES string of the molecule is F[B-]1(F)O/C(=C\c2ccccc2)C=[N+]1Cc1ccc(Br)cc1. The summed E-state index contributed by atoms with van der Waals surface area (Å²) >= 11 is 3.33. The molecule has 2 aromatic rings. The number of benzene rings is 2. The molecule has 1 aliphatic heterocycles. The molecule has 0 amide bonds. The summed E-state index contributed by atoms with van der Waals surface area (Å²) in [5, 5.41) is 0. The minimum atomic E-state index is -4.04. The van der Waals surface area contributed by atoms with E-state index < -0.39 is 7.04 Å². The number of hydrogen-bond acceptors (Lipinski definition) is 1. The fraction of sp³-hybridized carbons (Fsp3) is 0.0625. The number of rotatable bonds is 3. The Morgan fingerprint density at radius 2 is 1.73 bits per heavy atom. The van der Waals surface area contributed by atoms with Crippen molar-refractivity contribution >= 4 is 35.3 Å². The summed E-state index contributed by atoms with van der Waals surface area (Å²) in [6.07, 6.45) is 2.98. The molecule has 0 aliphatic carbocycles. The van der Waals surface area contributed by atoms with Gasteiger partial charge in [-0.3, -0.25) is 0 Å². The molecule has 2 aromatic carbocycles. The van der Waals surface area contributed by atoms with E-state index in [0.717, 1.165) is 20.1 Å². The summed E-state index contributed by atoms with van der Waals surface area (Å²) in [5.74, 6) is 0.174. The zero-order valence-corrected chi connectivity index (χ0v) is 13.2. The molecule has 0 spiro atoms. The summed E-state index contributed by atoms with van der Waals surface area (Å²) in [5.41, 5.74) is 1.62. The van der Waals surface area contributed by atoms with Crippen LogP contribution in [0.25, 0.3) is 6.08 Å². The first kappa shape index (κ1) is 15.0. The maximum atomic E-state index is 14.0. The molecular formula is C16H13BBrF2NO. The molecule has 0 atom stereocenters. The second kappa shape index (κ2) is 6.05. The maximum absolute atomic E-state index is 14.0. The summed E-state index contributed by atoms with van der Waals surface area (Å²) in [6.45, 7) is 0.104. The van der Waals surface area contributed by atoms with Gasteiger partial charge in [-0.2, -0.15) is 0 Å². The van der Waals surface area contributed by atoms with E-state index in [9.17, 15) is 8.63 Å². The molecule has 1 aliphatic rings. The maximum Gasteiger partial charge on any atom is 0.828 e. The van der Waals surface area contributed by atoms with E-state index in [0.29, 0.717) is 0 Å². The van der Waals surface area contributed by atoms with E-state index in [4.69, 9.17) is 4.65 Å². The van der Waals surface area contributed by atoms with Crippen molar-refractivity contribution in [3.63, 3.8) is 0 Å². The Kier molecular flexibility index (Phi) is 4.11. The monoisotopic (exact) mass is 363 g/mol. The van der Waals surface area contributed by atoms with Gasteiger partial charge in [0.15, 0.2) is 6.21 Å². The minimum absolute atomic E-state index is 0.104. The Labute approximate surface area is 135 Å². The van der Waals surface area contributed by atoms with Gasteiger partial charge in [-0.1, -0.05) is 58.4 Å². The fourth-order valence-corrected chi connectivity index (χ4v) is 2.51. The first-order valence-electron chi connectivity index (χ1n) is 6.85. The van der Waals surface area contributed by atoms with Gasteiger partial charge in [0.1, 0.15) is 12.3 Å². The Balaban J connectivity index is 1.84. The van der Waals surface area contributed by atoms with Gasteiger partial charge in [0.25, 0.3) is 0 Å². The van der Waals surface area contributed by atoms with Crippen LogP contribution in [0.4, 0.5) is 8.63 Å². The third kappa shape index (κ3) is 3.44. The standard InChI is InChI=1S/C16H13BBrF2NO/c18-15-8-6-14(7-9-15)11-21-12-16(22-17(21,19)20)10-13-4-2-1-3-5-13/h1-10,12H,11H2/b16-10-. The minimum Gasteiger partial charge on any atom is -0.596 e. The molecule has 22 heavy (non-hydrogen) atoms. The molecule has 0 saturated carbocycles. The van der Waals surface area contributed by atoms with Crippen molar-refractivity contribution in [3.8, 4) is 0 Å². The summed E-state index contributed by atoms with van der Waals surface area (Å²) in [7, 11) is -4.04. The number of nitrogens with zero attached hydrogens (tertiary/aromatic N) is 1. The highest BCUT2D eigenvalue weighted by molar-refractivity contribution is 9.10. The van der Waals surface area contributed by atoms with Crippen LogP contribution in [0.5, 0.6) is 0 Å². The smallest absolute Gasteiger partial charge is 0.596 e. The van der Waals surface area contributed by atoms with Crippen LogP contribution in [-0.2, 0) is 11.2 Å². The predicted octanol–water partition coefficient (Wildman–Crippen LogP) is 4.48. The molecule has 6 heteroatoms. The first-order chi connectivity index (χ1) is 10.5. The van der Waals surface area contributed by atoms with Crippen molar-refractivity contribution < 1.29 is 17.8 Å². The van der Waals surface area contributed by atoms with Gasteiger partial charge < -0.3 is 17.8 Å². The van der Waals surface area contributed by atoms with Gasteiger partial charge in [-0.15, -0.1) is 0 Å². The molecule has 1 heterocycles. The van der Waals surface area contributed by atoms with E-state index in [1.165, 1.54) is 6.21 Å². The van der Waals surface area contributed by atoms with Crippen LogP contribution < -0.4 is 0 Å². The van der Waals surface area contributed by atoms with E-state index >= 15 is 0 Å². The van der Waals surface area contributed by atoms with Crippen molar-refractivity contribution in [1.82, 2.24) is 0 Å². The van der Waals surface area contributed by atoms with Gasteiger partial charge in [-0.05, 0) is 23.8 Å². The highest BCUT2D eigenvalue weighted by Gasteiger charge is 2.50. The molecule has 0 bridgehead atoms. The molecule has 0 saturated heterocycles. The largest absolute Gasteiger partial charge is 0.828 e. The first-order valence-corrected chi connectivity index (χ1v) is 7.64. The summed E-state index contributed by atoms with van der Waals surface area (Å²) in [6, 6.07) is 16.5. The van der Waals surface area contributed by atoms with E-state index in [1.807, 2.05) is 54.6 Å². The van der Waals surface area contributed by atoms with Gasteiger partial charge >= 0.3 is 7.04 Å². The lowest BCUT2D eigenvalue weighted by atomic mass is 10.0. The lowest BCUT2D eigenvalue weighted by Crippen LogP contribution is -2.37. The second-order valence-electron chi connectivity index (χ2n) is 5.06. The lowest BCUT2D eigenvalue weighted by Gasteiger charge is -2.15. The second-order valence-corrected chi connectivity index (χ2v) is 5.98. The van der Waals surface area contributed by atoms with Crippen LogP contribution in [0.2, 0.25) is 0 Å². The van der Waals surface area contributed by atoms with Crippen LogP contribution in [0.1, 0.15) is 11.1 Å². The van der Waals surface area contributed by atoms with Crippen molar-refractivity contribution in [2.75, 3.05) is 0 Å². The molecule has 0 fully saturated rings. The van der Waals surface area contributed by atoms with Crippen LogP contribution in [0.3, 0.4) is 0 Å². The molecule has 0 unspecified atom stereocenters. The Hall–Kier alpha value is -1.95. The number of halogens is 3. The third-order valence-electron chi connectivity index (χ3n) is 3.34. The highest BCUT2D eigenvalue weighted by Crippen LogP contribution is 2.24. The Bertz CT molecular complexity index is 730. The molecule has 2 nitrogen and oxygen atoms in total. The lowest BCUT2D eigenvalue weighted by molar-refractivity contribution is -0.443. The summed E-state index contributed by atoms with van der Waals surface area (Å²) < 4.78 is 34.7. The van der Waals surface area contributed by atoms with E-state index in [2.05, 4.69) is 15.9 Å². The molecule has 3 rings (SSSR count). The molecular weight excluding hydrogens is 351 g/mol. The fourth-order valence-electron chi connectivity index (χ4n) is 2.25. The van der Waals surface area contributed by atoms with Crippen molar-refractivity contribution in [2.24, 2.45) is 0 Å². The zero-order valence-electron chi connectivity index (χ0n) is 11.6. The topological polar surface area (TPSA) is 12.2 Å². The van der Waals surface area contributed by atoms with Crippen LogP contribution in [0.15, 0.2) is 64.8 Å². The van der Waals surface area contributed by atoms with Crippen molar-refractivity contribution in [1.29, 1.82) is 0 Å². The van der Waals surface area contributed by atoms with E-state index in [1.54, 1.807) is 6.08 Å². The Morgan fingerprint density at radius 3 is 2.41 bits per heavy atom. The quantitative estimate of drug-likeness (QED) is 0.732. The average molecular weight is 364 g/mol. The van der Waals surface area contributed by atoms with Crippen molar-refractivity contribution in [2.45, 2.75) is 6.54 Å². The Morgan fingerprint density at radius 1 is 1.05 bits per heavy atom. The molecule has 0 aromatic heterocycles. The molecule has 112 valence electrons. The number of hydrogen-bond donors (Lipinski definition) is 0. The van der Waals surface area contributed by atoms with Crippen LogP contribution in [0, 0.1) is 0 Å². The van der Waals surface area contributed by atoms with Gasteiger partial charge in [0, 0.05) is 10.0 Å². The zero-order chi connectivity index (χ0) is 15.6. The van der Waals surface area contributed by atoms with Gasteiger partial charge in [0.2, 0.25) is 0 Å². The van der Waals surface area contributed by atoms with Crippen LogP contribution in [-0.4, -0.2) is 17.7 Å². The van der Waals surface area contributed by atoms with E-state index in [-0.39, 0.29) is 12.3 Å². The van der Waals surface area contributed by atoms with Gasteiger partial charge in [-0.25, -0.2) is 0 Å². The normalized spacial score (nSPS) is 18.1. The third-order valence-corrected chi connectivity index (χ3v) is 3.87. The average Bonchev–Trinajstić information content (AvgIpc) is 2.76. The highest BCUT2D eigenvalue weighted by atomic mass is 79.9.